The lowest BCUT2D eigenvalue weighted by Gasteiger charge is -2.21. The maximum Gasteiger partial charge on any atom is 0.128 e. The summed E-state index contributed by atoms with van der Waals surface area (Å²) < 4.78 is 2.05. The highest BCUT2D eigenvalue weighted by molar-refractivity contribution is 14.1. The number of aromatic nitrogens is 2. The maximum atomic E-state index is 4.48. The van der Waals surface area contributed by atoms with Crippen LogP contribution in [0.5, 0.6) is 0 Å². The van der Waals surface area contributed by atoms with E-state index >= 15 is 0 Å². The van der Waals surface area contributed by atoms with E-state index < -0.39 is 0 Å². The molecule has 1 aliphatic rings. The molecule has 0 aromatic carbocycles. The van der Waals surface area contributed by atoms with Crippen LogP contribution in [0.1, 0.15) is 12.0 Å². The zero-order valence-electron chi connectivity index (χ0n) is 13.5. The van der Waals surface area contributed by atoms with Gasteiger partial charge in [0.05, 0.1) is 0 Å². The Balaban J connectivity index is 0.000000203. The van der Waals surface area contributed by atoms with Crippen molar-refractivity contribution in [3.63, 3.8) is 0 Å². The summed E-state index contributed by atoms with van der Waals surface area (Å²) in [6.07, 6.45) is 4.99. The third-order valence-electron chi connectivity index (χ3n) is 3.63. The predicted octanol–water partition coefficient (Wildman–Crippen LogP) is 3.98. The second kappa shape index (κ2) is 9.54. The number of halogens is 2. The molecule has 0 radical (unpaired) electrons. The number of rotatable bonds is 1. The van der Waals surface area contributed by atoms with Gasteiger partial charge in [-0.25, -0.2) is 9.97 Å². The summed E-state index contributed by atoms with van der Waals surface area (Å²) in [5.41, 5.74) is 1.23. The van der Waals surface area contributed by atoms with E-state index in [0.717, 1.165) is 33.6 Å². The molecular weight excluding hydrogens is 467 g/mol. The molecule has 0 bridgehead atoms. The van der Waals surface area contributed by atoms with Crippen LogP contribution in [-0.4, -0.2) is 48.1 Å². The predicted molar refractivity (Wildman–Crippen MR) is 108 cm³/mol. The molecule has 0 N–H and O–H groups in total. The maximum absolute atomic E-state index is 4.48. The molecule has 1 aliphatic heterocycles. The van der Waals surface area contributed by atoms with Gasteiger partial charge >= 0.3 is 0 Å². The Morgan fingerprint density at radius 3 is 2.43 bits per heavy atom. The van der Waals surface area contributed by atoms with Crippen molar-refractivity contribution >= 4 is 44.3 Å². The van der Waals surface area contributed by atoms with E-state index in [1.807, 2.05) is 24.5 Å². The fourth-order valence-corrected chi connectivity index (χ4v) is 2.83. The minimum Gasteiger partial charge on any atom is -0.355 e. The summed E-state index contributed by atoms with van der Waals surface area (Å²) >= 11 is 5.44. The SMILES string of the molecule is Brc1ccc(I)cn1.Cc1ccc(N2CCCN(C)CC2)nc1. The smallest absolute Gasteiger partial charge is 0.128 e. The van der Waals surface area contributed by atoms with Gasteiger partial charge in [0.25, 0.3) is 0 Å². The quantitative estimate of drug-likeness (QED) is 0.449. The molecule has 0 unspecified atom stereocenters. The second-order valence-electron chi connectivity index (χ2n) is 5.64. The molecule has 23 heavy (non-hydrogen) atoms. The first-order chi connectivity index (χ1) is 11.0. The Kier molecular flexibility index (Phi) is 7.72. The van der Waals surface area contributed by atoms with Gasteiger partial charge in [0, 0.05) is 35.6 Å². The zero-order chi connectivity index (χ0) is 16.7. The van der Waals surface area contributed by atoms with Crippen molar-refractivity contribution in [3.8, 4) is 0 Å². The molecule has 0 saturated carbocycles. The molecule has 0 aliphatic carbocycles. The van der Waals surface area contributed by atoms with Crippen molar-refractivity contribution in [2.45, 2.75) is 13.3 Å². The number of aryl methyl sites for hydroxylation is 1. The molecule has 2 aromatic heterocycles. The average molecular weight is 489 g/mol. The molecule has 0 amide bonds. The summed E-state index contributed by atoms with van der Waals surface area (Å²) in [6, 6.07) is 8.18. The number of anilines is 1. The number of hydrogen-bond donors (Lipinski definition) is 0. The summed E-state index contributed by atoms with van der Waals surface area (Å²) in [5, 5.41) is 0. The Morgan fingerprint density at radius 1 is 1.00 bits per heavy atom. The zero-order valence-corrected chi connectivity index (χ0v) is 17.3. The van der Waals surface area contributed by atoms with E-state index in [2.05, 4.69) is 84.4 Å². The van der Waals surface area contributed by atoms with Crippen molar-refractivity contribution in [1.29, 1.82) is 0 Å². The second-order valence-corrected chi connectivity index (χ2v) is 7.69. The average Bonchev–Trinajstić information content (AvgIpc) is 2.76. The van der Waals surface area contributed by atoms with Gasteiger partial charge in [-0.1, -0.05) is 6.07 Å². The molecule has 1 fully saturated rings. The molecular formula is C17H22BrIN4. The molecule has 3 heterocycles. The first-order valence-electron chi connectivity index (χ1n) is 7.68. The van der Waals surface area contributed by atoms with E-state index in [4.69, 9.17) is 0 Å². The van der Waals surface area contributed by atoms with Gasteiger partial charge < -0.3 is 9.80 Å². The first-order valence-corrected chi connectivity index (χ1v) is 9.55. The Labute approximate surface area is 160 Å². The lowest BCUT2D eigenvalue weighted by atomic mass is 10.3. The number of likely N-dealkylation sites (N-methyl/N-ethyl adjacent to an activating group) is 1. The first kappa shape index (κ1) is 18.6. The van der Waals surface area contributed by atoms with E-state index in [1.165, 1.54) is 18.5 Å². The van der Waals surface area contributed by atoms with Crippen LogP contribution in [0.2, 0.25) is 0 Å². The minimum absolute atomic E-state index is 0.887. The number of hydrogen-bond acceptors (Lipinski definition) is 4. The van der Waals surface area contributed by atoms with Gasteiger partial charge in [-0.15, -0.1) is 0 Å². The van der Waals surface area contributed by atoms with Crippen LogP contribution in [0.25, 0.3) is 0 Å². The molecule has 2 aromatic rings. The Hall–Kier alpha value is -0.730. The highest BCUT2D eigenvalue weighted by Gasteiger charge is 2.12. The lowest BCUT2D eigenvalue weighted by molar-refractivity contribution is 0.360. The summed E-state index contributed by atoms with van der Waals surface area (Å²) in [7, 11) is 2.19. The molecule has 0 spiro atoms. The van der Waals surface area contributed by atoms with E-state index in [0.29, 0.717) is 0 Å². The standard InChI is InChI=1S/C12H19N3.C5H3BrIN/c1-11-4-5-12(13-10-11)15-7-3-6-14(2)8-9-15;6-5-2-1-4(7)3-8-5/h4-5,10H,3,6-9H2,1-2H3;1-3H. The van der Waals surface area contributed by atoms with Gasteiger partial charge in [0.15, 0.2) is 0 Å². The molecule has 4 nitrogen and oxygen atoms in total. The largest absolute Gasteiger partial charge is 0.355 e. The van der Waals surface area contributed by atoms with Crippen LogP contribution >= 0.6 is 38.5 Å². The van der Waals surface area contributed by atoms with Gasteiger partial charge in [-0.05, 0) is 89.2 Å². The highest BCUT2D eigenvalue weighted by atomic mass is 127. The van der Waals surface area contributed by atoms with Gasteiger partial charge in [0.2, 0.25) is 0 Å². The Bertz CT molecular complexity index is 568. The van der Waals surface area contributed by atoms with Crippen molar-refractivity contribution in [2.24, 2.45) is 0 Å². The van der Waals surface area contributed by atoms with Crippen LogP contribution < -0.4 is 4.90 Å². The third-order valence-corrected chi connectivity index (χ3v) is 4.74. The van der Waals surface area contributed by atoms with Crippen LogP contribution in [0, 0.1) is 10.5 Å². The minimum atomic E-state index is 0.887. The van der Waals surface area contributed by atoms with Crippen molar-refractivity contribution in [3.05, 3.63) is 50.4 Å². The lowest BCUT2D eigenvalue weighted by Crippen LogP contribution is -2.29. The molecule has 3 rings (SSSR count). The van der Waals surface area contributed by atoms with Gasteiger partial charge in [-0.2, -0.15) is 0 Å². The van der Waals surface area contributed by atoms with E-state index in [-0.39, 0.29) is 0 Å². The highest BCUT2D eigenvalue weighted by Crippen LogP contribution is 2.13. The fourth-order valence-electron chi connectivity index (χ4n) is 2.28. The van der Waals surface area contributed by atoms with Crippen LogP contribution in [0.3, 0.4) is 0 Å². The number of pyridine rings is 2. The Morgan fingerprint density at radius 2 is 1.83 bits per heavy atom. The van der Waals surface area contributed by atoms with Gasteiger partial charge in [-0.3, -0.25) is 0 Å². The summed E-state index contributed by atoms with van der Waals surface area (Å²) in [5.74, 6) is 1.12. The van der Waals surface area contributed by atoms with Gasteiger partial charge in [0.1, 0.15) is 10.4 Å². The van der Waals surface area contributed by atoms with Crippen LogP contribution in [0.4, 0.5) is 5.82 Å². The topological polar surface area (TPSA) is 32.3 Å². The molecule has 124 valence electrons. The van der Waals surface area contributed by atoms with Crippen molar-refractivity contribution < 1.29 is 0 Å². The summed E-state index contributed by atoms with van der Waals surface area (Å²) in [6.45, 7) is 6.62. The monoisotopic (exact) mass is 488 g/mol. The molecule has 0 atom stereocenters. The third kappa shape index (κ3) is 6.73. The molecule has 1 saturated heterocycles. The van der Waals surface area contributed by atoms with Crippen molar-refractivity contribution in [1.82, 2.24) is 14.9 Å². The fraction of sp³-hybridized carbons (Fsp3) is 0.412. The van der Waals surface area contributed by atoms with Crippen LogP contribution in [0.15, 0.2) is 41.3 Å². The molecule has 6 heteroatoms. The summed E-state index contributed by atoms with van der Waals surface area (Å²) in [4.78, 5) is 13.2. The van der Waals surface area contributed by atoms with Crippen molar-refractivity contribution in [2.75, 3.05) is 38.1 Å². The normalized spacial score (nSPS) is 15.6. The number of nitrogens with zero attached hydrogens (tertiary/aromatic N) is 4. The van der Waals surface area contributed by atoms with E-state index in [1.54, 1.807) is 0 Å². The van der Waals surface area contributed by atoms with E-state index in [9.17, 15) is 0 Å². The van der Waals surface area contributed by atoms with Crippen LogP contribution in [-0.2, 0) is 0 Å².